The lowest BCUT2D eigenvalue weighted by atomic mass is 10.1. The number of aromatic nitrogens is 2. The highest BCUT2D eigenvalue weighted by Crippen LogP contribution is 2.23. The molecule has 142 valence electrons. The molecule has 2 heterocycles. The second kappa shape index (κ2) is 7.64. The third kappa shape index (κ3) is 3.60. The van der Waals surface area contributed by atoms with Crippen molar-refractivity contribution >= 4 is 22.6 Å². The van der Waals surface area contributed by atoms with Crippen molar-refractivity contribution in [3.05, 3.63) is 99.4 Å². The molecule has 2 atom stereocenters. The Balaban J connectivity index is 1.69. The molecule has 2 aromatic carbocycles. The second-order valence-electron chi connectivity index (χ2n) is 6.71. The van der Waals surface area contributed by atoms with Gasteiger partial charge in [-0.05, 0) is 48.9 Å². The zero-order chi connectivity index (χ0) is 19.7. The number of hydrogen-bond donors (Lipinski definition) is 3. The largest absolute Gasteiger partial charge is 0.373 e. The van der Waals surface area contributed by atoms with Crippen molar-refractivity contribution in [3.63, 3.8) is 0 Å². The third-order valence-corrected chi connectivity index (χ3v) is 5.04. The maximum absolute atomic E-state index is 12.5. The minimum atomic E-state index is -0.906. The van der Waals surface area contributed by atoms with Crippen molar-refractivity contribution in [1.82, 2.24) is 14.9 Å². The monoisotopic (exact) mass is 393 g/mol. The first-order valence-corrected chi connectivity index (χ1v) is 9.40. The smallest absolute Gasteiger partial charge is 0.256 e. The molecule has 0 aliphatic heterocycles. The predicted octanol–water partition coefficient (Wildman–Crippen LogP) is 4.31. The lowest BCUT2D eigenvalue weighted by Crippen LogP contribution is -2.24. The molecule has 2 unspecified atom stereocenters. The van der Waals surface area contributed by atoms with Crippen molar-refractivity contribution in [1.29, 1.82) is 0 Å². The summed E-state index contributed by atoms with van der Waals surface area (Å²) in [5, 5.41) is 15.3. The van der Waals surface area contributed by atoms with Crippen LogP contribution in [0.5, 0.6) is 0 Å². The topological polar surface area (TPSA) is 70.0 Å². The van der Waals surface area contributed by atoms with Gasteiger partial charge in [0.15, 0.2) is 0 Å². The molecule has 0 amide bonds. The van der Waals surface area contributed by atoms with Crippen LogP contribution in [0.1, 0.15) is 30.5 Å². The number of benzene rings is 2. The molecule has 0 radical (unpaired) electrons. The predicted molar refractivity (Wildman–Crippen MR) is 112 cm³/mol. The van der Waals surface area contributed by atoms with Crippen LogP contribution in [0.15, 0.2) is 77.6 Å². The average Bonchev–Trinajstić information content (AvgIpc) is 3.14. The summed E-state index contributed by atoms with van der Waals surface area (Å²) < 4.78 is 1.57. The molecular weight excluding hydrogens is 374 g/mol. The van der Waals surface area contributed by atoms with E-state index in [4.69, 9.17) is 11.6 Å². The molecular formula is C22H20ClN3O2. The van der Waals surface area contributed by atoms with E-state index >= 15 is 0 Å². The van der Waals surface area contributed by atoms with E-state index in [-0.39, 0.29) is 11.6 Å². The third-order valence-electron chi connectivity index (χ3n) is 4.78. The van der Waals surface area contributed by atoms with Crippen molar-refractivity contribution < 1.29 is 5.11 Å². The number of H-pyrrole nitrogens is 1. The van der Waals surface area contributed by atoms with Crippen molar-refractivity contribution in [3.8, 4) is 5.69 Å². The van der Waals surface area contributed by atoms with Crippen LogP contribution in [0.3, 0.4) is 0 Å². The Morgan fingerprint density at radius 3 is 2.46 bits per heavy atom. The zero-order valence-electron chi connectivity index (χ0n) is 15.3. The summed E-state index contributed by atoms with van der Waals surface area (Å²) >= 11 is 5.97. The van der Waals surface area contributed by atoms with Crippen LogP contribution in [-0.4, -0.2) is 14.7 Å². The Morgan fingerprint density at radius 2 is 1.75 bits per heavy atom. The molecule has 2 aromatic heterocycles. The number of halogens is 1. The summed E-state index contributed by atoms with van der Waals surface area (Å²) in [6.07, 6.45) is -0.906. The number of nitrogens with zero attached hydrogens (tertiary/aromatic N) is 1. The van der Waals surface area contributed by atoms with E-state index in [0.29, 0.717) is 22.1 Å². The molecule has 6 heteroatoms. The van der Waals surface area contributed by atoms with Gasteiger partial charge in [-0.1, -0.05) is 41.9 Å². The average molecular weight is 394 g/mol. The van der Waals surface area contributed by atoms with Crippen LogP contribution in [0.4, 0.5) is 0 Å². The Morgan fingerprint density at radius 1 is 1.04 bits per heavy atom. The van der Waals surface area contributed by atoms with Gasteiger partial charge in [0.1, 0.15) is 11.9 Å². The van der Waals surface area contributed by atoms with Gasteiger partial charge >= 0.3 is 0 Å². The van der Waals surface area contributed by atoms with E-state index in [0.717, 1.165) is 10.9 Å². The maximum Gasteiger partial charge on any atom is 0.256 e. The van der Waals surface area contributed by atoms with Gasteiger partial charge in [-0.15, -0.1) is 0 Å². The molecule has 5 nitrogen and oxygen atoms in total. The molecule has 3 N–H and O–H groups in total. The van der Waals surface area contributed by atoms with Crippen LogP contribution >= 0.6 is 11.6 Å². The van der Waals surface area contributed by atoms with E-state index in [1.807, 2.05) is 43.3 Å². The molecule has 0 saturated heterocycles. The molecule has 4 rings (SSSR count). The number of fused-ring (bicyclic) bond motifs is 1. The molecule has 0 aliphatic carbocycles. The Bertz CT molecular complexity index is 1150. The van der Waals surface area contributed by atoms with Crippen LogP contribution in [0, 0.1) is 0 Å². The first-order valence-electron chi connectivity index (χ1n) is 9.02. The number of hydrogen-bond acceptors (Lipinski definition) is 3. The Kier molecular flexibility index (Phi) is 5.05. The minimum Gasteiger partial charge on any atom is -0.373 e. The molecule has 28 heavy (non-hydrogen) atoms. The van der Waals surface area contributed by atoms with Gasteiger partial charge in [-0.3, -0.25) is 14.7 Å². The SMILES string of the molecule is CC(NC(O)c1cc2ccc(=O)n(-c3ccc(Cl)cc3)c2[nH]1)c1ccccc1. The van der Waals surface area contributed by atoms with Gasteiger partial charge in [0.2, 0.25) is 0 Å². The summed E-state index contributed by atoms with van der Waals surface area (Å²) in [7, 11) is 0. The van der Waals surface area contributed by atoms with Gasteiger partial charge in [0, 0.05) is 22.5 Å². The number of rotatable bonds is 5. The lowest BCUT2D eigenvalue weighted by Gasteiger charge is -2.18. The van der Waals surface area contributed by atoms with E-state index in [9.17, 15) is 9.90 Å². The first kappa shape index (κ1) is 18.5. The summed E-state index contributed by atoms with van der Waals surface area (Å²) in [4.78, 5) is 15.7. The van der Waals surface area contributed by atoms with E-state index < -0.39 is 6.23 Å². The Hall–Kier alpha value is -2.86. The minimum absolute atomic E-state index is 0.0407. The van der Waals surface area contributed by atoms with Crippen LogP contribution in [0.25, 0.3) is 16.7 Å². The fourth-order valence-corrected chi connectivity index (χ4v) is 3.42. The van der Waals surface area contributed by atoms with Gasteiger partial charge < -0.3 is 10.1 Å². The van der Waals surface area contributed by atoms with Gasteiger partial charge in [-0.2, -0.15) is 0 Å². The summed E-state index contributed by atoms with van der Waals surface area (Å²) in [5.41, 5.74) is 2.83. The van der Waals surface area contributed by atoms with E-state index in [1.54, 1.807) is 34.9 Å². The molecule has 0 bridgehead atoms. The lowest BCUT2D eigenvalue weighted by molar-refractivity contribution is 0.122. The van der Waals surface area contributed by atoms with Crippen LogP contribution in [-0.2, 0) is 0 Å². The van der Waals surface area contributed by atoms with Crippen LogP contribution in [0.2, 0.25) is 5.02 Å². The van der Waals surface area contributed by atoms with Gasteiger partial charge in [0.25, 0.3) is 5.56 Å². The van der Waals surface area contributed by atoms with Crippen molar-refractivity contribution in [2.45, 2.75) is 19.2 Å². The number of nitrogens with one attached hydrogen (secondary N) is 2. The highest BCUT2D eigenvalue weighted by atomic mass is 35.5. The molecule has 0 fully saturated rings. The van der Waals surface area contributed by atoms with Crippen molar-refractivity contribution in [2.75, 3.05) is 0 Å². The number of aromatic amines is 1. The normalized spacial score (nSPS) is 13.5. The van der Waals surface area contributed by atoms with E-state index in [1.165, 1.54) is 6.07 Å². The second-order valence-corrected chi connectivity index (χ2v) is 7.15. The Labute approximate surface area is 167 Å². The van der Waals surface area contributed by atoms with Gasteiger partial charge in [0.05, 0.1) is 11.4 Å². The zero-order valence-corrected chi connectivity index (χ0v) is 16.0. The van der Waals surface area contributed by atoms with Crippen molar-refractivity contribution in [2.24, 2.45) is 0 Å². The summed E-state index contributed by atoms with van der Waals surface area (Å²) in [6, 6.07) is 22.0. The molecule has 0 spiro atoms. The number of pyridine rings is 1. The fraction of sp³-hybridized carbons (Fsp3) is 0.136. The van der Waals surface area contributed by atoms with Crippen LogP contribution < -0.4 is 10.9 Å². The number of aliphatic hydroxyl groups excluding tert-OH is 1. The molecule has 4 aromatic rings. The summed E-state index contributed by atoms with van der Waals surface area (Å²) in [5.74, 6) is 0. The summed E-state index contributed by atoms with van der Waals surface area (Å²) in [6.45, 7) is 1.99. The molecule has 0 saturated carbocycles. The highest BCUT2D eigenvalue weighted by Gasteiger charge is 2.16. The fourth-order valence-electron chi connectivity index (χ4n) is 3.30. The maximum atomic E-state index is 12.5. The molecule has 0 aliphatic rings. The standard InChI is InChI=1S/C22H20ClN3O2/c1-14(15-5-3-2-4-6-15)24-22(28)19-13-16-7-12-20(27)26(21(16)25-19)18-10-8-17(23)9-11-18/h2-14,22,24-25,28H,1H3. The quantitative estimate of drug-likeness (QED) is 0.442. The first-order chi connectivity index (χ1) is 13.5. The highest BCUT2D eigenvalue weighted by molar-refractivity contribution is 6.30. The van der Waals surface area contributed by atoms with E-state index in [2.05, 4.69) is 10.3 Å². The van der Waals surface area contributed by atoms with Gasteiger partial charge in [-0.25, -0.2) is 0 Å². The number of aliphatic hydroxyl groups is 1.